The summed E-state index contributed by atoms with van der Waals surface area (Å²) in [6, 6.07) is 12.0. The van der Waals surface area contributed by atoms with Crippen molar-refractivity contribution in [2.45, 2.75) is 20.8 Å². The van der Waals surface area contributed by atoms with Gasteiger partial charge in [0, 0.05) is 5.57 Å². The molecule has 0 amide bonds. The first kappa shape index (κ1) is 13.8. The fraction of sp³-hybridized carbons (Fsp3) is 0.167. The van der Waals surface area contributed by atoms with E-state index in [2.05, 4.69) is 4.98 Å². The van der Waals surface area contributed by atoms with Crippen LogP contribution in [0.1, 0.15) is 35.5 Å². The zero-order valence-corrected chi connectivity index (χ0v) is 13.2. The molecular weight excluding hydrogens is 278 g/mol. The average Bonchev–Trinajstić information content (AvgIpc) is 3.01. The minimum atomic E-state index is 0.0627. The standard InChI is InChI=1S/C18H17NOS/c1-11(2)17(13-7-5-4-6-12(13)3)18(20)15-10-16-14(19-15)8-9-21-16/h4-10,19H,1-3H3. The van der Waals surface area contributed by atoms with E-state index in [0.29, 0.717) is 5.69 Å². The lowest BCUT2D eigenvalue weighted by Gasteiger charge is -2.11. The second kappa shape index (κ2) is 5.34. The molecule has 0 aliphatic rings. The molecule has 0 spiro atoms. The fourth-order valence-electron chi connectivity index (χ4n) is 2.58. The highest BCUT2D eigenvalue weighted by atomic mass is 32.1. The lowest BCUT2D eigenvalue weighted by atomic mass is 9.92. The summed E-state index contributed by atoms with van der Waals surface area (Å²) in [6.45, 7) is 6.02. The van der Waals surface area contributed by atoms with Crippen LogP contribution >= 0.6 is 11.3 Å². The summed E-state index contributed by atoms with van der Waals surface area (Å²) < 4.78 is 1.12. The Morgan fingerprint density at radius 1 is 1.14 bits per heavy atom. The number of benzene rings is 1. The van der Waals surface area contributed by atoms with Crippen molar-refractivity contribution in [3.8, 4) is 0 Å². The van der Waals surface area contributed by atoms with E-state index in [1.54, 1.807) is 11.3 Å². The monoisotopic (exact) mass is 295 g/mol. The molecule has 0 saturated carbocycles. The average molecular weight is 295 g/mol. The van der Waals surface area contributed by atoms with Gasteiger partial charge in [-0.3, -0.25) is 4.79 Å². The Hall–Kier alpha value is -2.13. The molecule has 0 bridgehead atoms. The van der Waals surface area contributed by atoms with Crippen LogP contribution in [0, 0.1) is 6.92 Å². The summed E-state index contributed by atoms with van der Waals surface area (Å²) in [5, 5.41) is 2.03. The van der Waals surface area contributed by atoms with Crippen LogP contribution in [0.15, 0.2) is 47.4 Å². The van der Waals surface area contributed by atoms with Gasteiger partial charge < -0.3 is 4.98 Å². The van der Waals surface area contributed by atoms with Gasteiger partial charge in [-0.15, -0.1) is 11.3 Å². The second-order valence-electron chi connectivity index (χ2n) is 5.40. The first-order valence-electron chi connectivity index (χ1n) is 6.92. The highest BCUT2D eigenvalue weighted by Gasteiger charge is 2.19. The molecule has 3 aromatic rings. The third-order valence-electron chi connectivity index (χ3n) is 3.63. The second-order valence-corrected chi connectivity index (χ2v) is 6.35. The molecule has 3 rings (SSSR count). The summed E-state index contributed by atoms with van der Waals surface area (Å²) in [5.74, 6) is 0.0627. The van der Waals surface area contributed by atoms with Gasteiger partial charge in [0.1, 0.15) is 0 Å². The number of allylic oxidation sites excluding steroid dienone is 2. The van der Waals surface area contributed by atoms with Gasteiger partial charge in [0.05, 0.1) is 15.9 Å². The molecule has 106 valence electrons. The lowest BCUT2D eigenvalue weighted by Crippen LogP contribution is -2.06. The Balaban J connectivity index is 2.10. The van der Waals surface area contributed by atoms with Crippen LogP contribution in [-0.4, -0.2) is 10.8 Å². The van der Waals surface area contributed by atoms with Crippen LogP contribution in [0.4, 0.5) is 0 Å². The number of hydrogen-bond donors (Lipinski definition) is 1. The van der Waals surface area contributed by atoms with Gasteiger partial charge in [-0.25, -0.2) is 0 Å². The molecule has 1 aromatic carbocycles. The highest BCUT2D eigenvalue weighted by molar-refractivity contribution is 7.17. The number of carbonyl (C=O) groups excluding carboxylic acids is 1. The molecule has 2 aromatic heterocycles. The van der Waals surface area contributed by atoms with E-state index >= 15 is 0 Å². The third kappa shape index (κ3) is 2.45. The third-order valence-corrected chi connectivity index (χ3v) is 4.49. The van der Waals surface area contributed by atoms with E-state index in [4.69, 9.17) is 0 Å². The SMILES string of the molecule is CC(C)=C(C(=O)c1cc2sccc2[nH]1)c1ccccc1C. The van der Waals surface area contributed by atoms with Gasteiger partial charge >= 0.3 is 0 Å². The number of carbonyl (C=O) groups is 1. The fourth-order valence-corrected chi connectivity index (χ4v) is 3.36. The number of nitrogens with one attached hydrogen (secondary N) is 1. The molecule has 0 aliphatic carbocycles. The lowest BCUT2D eigenvalue weighted by molar-refractivity contribution is 0.105. The number of aryl methyl sites for hydroxylation is 1. The van der Waals surface area contributed by atoms with E-state index in [9.17, 15) is 4.79 Å². The largest absolute Gasteiger partial charge is 0.351 e. The molecule has 2 nitrogen and oxygen atoms in total. The van der Waals surface area contributed by atoms with Crippen molar-refractivity contribution in [3.63, 3.8) is 0 Å². The molecule has 0 radical (unpaired) electrons. The smallest absolute Gasteiger partial charge is 0.209 e. The number of Topliss-reactive ketones (excluding diaryl/α,β-unsaturated/α-hetero) is 1. The zero-order chi connectivity index (χ0) is 15.0. The predicted octanol–water partition coefficient (Wildman–Crippen LogP) is 5.21. The van der Waals surface area contributed by atoms with Crippen molar-refractivity contribution < 1.29 is 4.79 Å². The summed E-state index contributed by atoms with van der Waals surface area (Å²) in [4.78, 5) is 16.1. The summed E-state index contributed by atoms with van der Waals surface area (Å²) in [5.41, 5.74) is 5.66. The summed E-state index contributed by atoms with van der Waals surface area (Å²) in [6.07, 6.45) is 0. The normalized spacial score (nSPS) is 10.8. The van der Waals surface area contributed by atoms with Gasteiger partial charge in [0.15, 0.2) is 0 Å². The Morgan fingerprint density at radius 2 is 1.90 bits per heavy atom. The summed E-state index contributed by atoms with van der Waals surface area (Å²) >= 11 is 1.65. The van der Waals surface area contributed by atoms with Gasteiger partial charge in [-0.2, -0.15) is 0 Å². The Kier molecular flexibility index (Phi) is 3.52. The molecule has 0 unspecified atom stereocenters. The molecule has 3 heteroatoms. The van der Waals surface area contributed by atoms with Gasteiger partial charge in [0.2, 0.25) is 5.78 Å². The number of H-pyrrole nitrogens is 1. The van der Waals surface area contributed by atoms with Crippen LogP contribution in [0.3, 0.4) is 0 Å². The number of fused-ring (bicyclic) bond motifs is 1. The van der Waals surface area contributed by atoms with Crippen LogP contribution in [0.5, 0.6) is 0 Å². The number of ketones is 1. The van der Waals surface area contributed by atoms with Gasteiger partial charge in [0.25, 0.3) is 0 Å². The maximum Gasteiger partial charge on any atom is 0.209 e. The zero-order valence-electron chi connectivity index (χ0n) is 12.4. The molecule has 0 saturated heterocycles. The van der Waals surface area contributed by atoms with E-state index in [-0.39, 0.29) is 5.78 Å². The minimum absolute atomic E-state index is 0.0627. The van der Waals surface area contributed by atoms with Crippen LogP contribution in [-0.2, 0) is 0 Å². The predicted molar refractivity (Wildman–Crippen MR) is 90.0 cm³/mol. The Bertz CT molecular complexity index is 818. The van der Waals surface area contributed by atoms with Crippen LogP contribution < -0.4 is 0 Å². The van der Waals surface area contributed by atoms with Crippen LogP contribution in [0.2, 0.25) is 0 Å². The van der Waals surface area contributed by atoms with Gasteiger partial charge in [-0.1, -0.05) is 29.8 Å². The molecule has 21 heavy (non-hydrogen) atoms. The minimum Gasteiger partial charge on any atom is -0.351 e. The first-order valence-corrected chi connectivity index (χ1v) is 7.80. The Morgan fingerprint density at radius 3 is 2.57 bits per heavy atom. The first-order chi connectivity index (χ1) is 10.1. The number of thiophene rings is 1. The van der Waals surface area contributed by atoms with Gasteiger partial charge in [-0.05, 0) is 49.4 Å². The number of hydrogen-bond acceptors (Lipinski definition) is 2. The van der Waals surface area contributed by atoms with Crippen molar-refractivity contribution in [2.75, 3.05) is 0 Å². The van der Waals surface area contributed by atoms with E-state index in [0.717, 1.165) is 32.5 Å². The van der Waals surface area contributed by atoms with Crippen molar-refractivity contribution in [3.05, 3.63) is 64.2 Å². The molecule has 1 N–H and O–H groups in total. The summed E-state index contributed by atoms with van der Waals surface area (Å²) in [7, 11) is 0. The van der Waals surface area contributed by atoms with E-state index in [1.807, 2.05) is 62.5 Å². The number of rotatable bonds is 3. The molecule has 2 heterocycles. The van der Waals surface area contributed by atoms with Crippen molar-refractivity contribution >= 4 is 32.9 Å². The molecule has 0 fully saturated rings. The topological polar surface area (TPSA) is 32.9 Å². The molecule has 0 aliphatic heterocycles. The van der Waals surface area contributed by atoms with E-state index < -0.39 is 0 Å². The van der Waals surface area contributed by atoms with Crippen LogP contribution in [0.25, 0.3) is 15.8 Å². The highest BCUT2D eigenvalue weighted by Crippen LogP contribution is 2.28. The maximum absolute atomic E-state index is 12.9. The maximum atomic E-state index is 12.9. The Labute approximate surface area is 128 Å². The number of aromatic amines is 1. The van der Waals surface area contributed by atoms with Crippen molar-refractivity contribution in [2.24, 2.45) is 0 Å². The van der Waals surface area contributed by atoms with Crippen molar-refractivity contribution in [1.29, 1.82) is 0 Å². The molecular formula is C18H17NOS. The molecule has 0 atom stereocenters. The number of aromatic nitrogens is 1. The quantitative estimate of drug-likeness (QED) is 0.522. The van der Waals surface area contributed by atoms with Crippen molar-refractivity contribution in [1.82, 2.24) is 4.98 Å². The van der Waals surface area contributed by atoms with E-state index in [1.165, 1.54) is 0 Å².